The highest BCUT2D eigenvalue weighted by molar-refractivity contribution is 5.81. The molecule has 8 atom stereocenters. The van der Waals surface area contributed by atoms with Crippen LogP contribution in [0.1, 0.15) is 12.8 Å². The van der Waals surface area contributed by atoms with Gasteiger partial charge in [-0.05, 0) is 12.8 Å². The summed E-state index contributed by atoms with van der Waals surface area (Å²) >= 11 is 0. The number of amides is 2. The zero-order valence-corrected chi connectivity index (χ0v) is 17.5. The summed E-state index contributed by atoms with van der Waals surface area (Å²) in [4.78, 5) is 29.6. The smallest absolute Gasteiger partial charge is 0.237 e. The molecule has 0 spiro atoms. The van der Waals surface area contributed by atoms with Crippen molar-refractivity contribution >= 4 is 11.8 Å². The second-order valence-electron chi connectivity index (χ2n) is 9.38. The Kier molecular flexibility index (Phi) is 5.86. The second-order valence-corrected chi connectivity index (χ2v) is 9.38. The van der Waals surface area contributed by atoms with Gasteiger partial charge in [0.25, 0.3) is 0 Å². The lowest BCUT2D eigenvalue weighted by Gasteiger charge is -2.47. The van der Waals surface area contributed by atoms with E-state index in [-0.39, 0.29) is 44.0 Å². The Bertz CT molecular complexity index is 716. The van der Waals surface area contributed by atoms with E-state index in [9.17, 15) is 14.0 Å². The monoisotopic (exact) mass is 442 g/mol. The first-order chi connectivity index (χ1) is 14.9. The number of hydrazine groups is 1. The van der Waals surface area contributed by atoms with Gasteiger partial charge in [-0.1, -0.05) is 0 Å². The summed E-state index contributed by atoms with van der Waals surface area (Å²) in [5.41, 5.74) is 9.11. The predicted octanol–water partition coefficient (Wildman–Crippen LogP) is -2.92. The molecule has 174 valence electrons. The van der Waals surface area contributed by atoms with Crippen molar-refractivity contribution in [1.29, 1.82) is 0 Å². The third-order valence-corrected chi connectivity index (χ3v) is 7.34. The summed E-state index contributed by atoms with van der Waals surface area (Å²) < 4.78 is 28.8. The van der Waals surface area contributed by atoms with Crippen molar-refractivity contribution in [3.05, 3.63) is 0 Å². The van der Waals surface area contributed by atoms with Crippen molar-refractivity contribution in [2.24, 2.45) is 11.7 Å². The molecule has 8 unspecified atom stereocenters. The lowest BCUT2D eigenvalue weighted by molar-refractivity contribution is -0.140. The van der Waals surface area contributed by atoms with Gasteiger partial charge >= 0.3 is 0 Å². The molecule has 5 aliphatic rings. The Balaban J connectivity index is 1.29. The maximum absolute atomic E-state index is 15.1. The number of fused-ring (bicyclic) bond motifs is 2. The van der Waals surface area contributed by atoms with Gasteiger partial charge in [0.2, 0.25) is 11.8 Å². The van der Waals surface area contributed by atoms with E-state index in [2.05, 4.69) is 21.4 Å². The number of carbonyl (C=O) groups excluding carboxylic acids is 2. The van der Waals surface area contributed by atoms with E-state index in [0.717, 1.165) is 19.4 Å². The molecule has 0 aromatic rings. The molecule has 2 amide bonds. The Hall–Kier alpha value is -1.44. The summed E-state index contributed by atoms with van der Waals surface area (Å²) in [6.45, 7) is 2.50. The maximum atomic E-state index is 15.1. The van der Waals surface area contributed by atoms with Gasteiger partial charge in [-0.3, -0.25) is 19.8 Å². The molecule has 0 saturated carbocycles. The summed E-state index contributed by atoms with van der Waals surface area (Å²) in [5, 5.41) is 10.7. The van der Waals surface area contributed by atoms with Crippen LogP contribution >= 0.6 is 0 Å². The SMILES string of the molecule is NC1NN2CC(F)CNC2C1C(=O)NC1CNCC(F)C1N1CC(=O)N2CCCC2C1. The van der Waals surface area contributed by atoms with E-state index in [4.69, 9.17) is 5.73 Å². The van der Waals surface area contributed by atoms with E-state index in [1.165, 1.54) is 0 Å². The topological polar surface area (TPSA) is 118 Å². The van der Waals surface area contributed by atoms with Crippen molar-refractivity contribution in [1.82, 2.24) is 36.2 Å². The number of nitrogens with two attached hydrogens (primary N) is 1. The fourth-order valence-electron chi connectivity index (χ4n) is 5.93. The molecule has 5 heterocycles. The van der Waals surface area contributed by atoms with Gasteiger partial charge in [-0.2, -0.15) is 0 Å². The van der Waals surface area contributed by atoms with Gasteiger partial charge in [0, 0.05) is 45.3 Å². The molecule has 0 aromatic heterocycles. The molecule has 12 heteroatoms. The van der Waals surface area contributed by atoms with Crippen LogP contribution in [0.25, 0.3) is 0 Å². The molecule has 10 nitrogen and oxygen atoms in total. The van der Waals surface area contributed by atoms with Crippen molar-refractivity contribution in [2.45, 2.75) is 55.6 Å². The van der Waals surface area contributed by atoms with Crippen molar-refractivity contribution < 1.29 is 18.4 Å². The molecule has 5 rings (SSSR count). The van der Waals surface area contributed by atoms with E-state index < -0.39 is 42.7 Å². The zero-order valence-electron chi connectivity index (χ0n) is 17.5. The number of piperidine rings is 1. The number of halogens is 2. The number of hydrogen-bond acceptors (Lipinski definition) is 8. The minimum absolute atomic E-state index is 0.0365. The third kappa shape index (κ3) is 3.93. The molecule has 0 radical (unpaired) electrons. The highest BCUT2D eigenvalue weighted by Crippen LogP contribution is 2.27. The molecule has 31 heavy (non-hydrogen) atoms. The number of rotatable bonds is 3. The molecule has 6 N–H and O–H groups in total. The zero-order chi connectivity index (χ0) is 21.7. The quantitative estimate of drug-likeness (QED) is 0.316. The van der Waals surface area contributed by atoms with Crippen LogP contribution in [0.3, 0.4) is 0 Å². The van der Waals surface area contributed by atoms with Gasteiger partial charge in [0.1, 0.15) is 12.3 Å². The van der Waals surface area contributed by atoms with Crippen LogP contribution in [0, 0.1) is 5.92 Å². The molecular weight excluding hydrogens is 410 g/mol. The standard InChI is InChI=1S/C19H32F2N8O2/c20-10-4-24-18-15(17(22)26-29(18)7-10)19(31)25-13-6-23-5-12(21)16(13)27-8-11-2-1-3-28(11)14(30)9-27/h10-13,15-18,23-24,26H,1-9,22H2,(H,25,31). The minimum Gasteiger partial charge on any atom is -0.350 e. The van der Waals surface area contributed by atoms with Crippen LogP contribution in [0.5, 0.6) is 0 Å². The first kappa shape index (κ1) is 21.4. The largest absolute Gasteiger partial charge is 0.350 e. The Morgan fingerprint density at radius 1 is 1.19 bits per heavy atom. The first-order valence-electron chi connectivity index (χ1n) is 11.3. The lowest BCUT2D eigenvalue weighted by atomic mass is 9.93. The highest BCUT2D eigenvalue weighted by atomic mass is 19.1. The predicted molar refractivity (Wildman–Crippen MR) is 108 cm³/mol. The summed E-state index contributed by atoms with van der Waals surface area (Å²) in [5.74, 6) is -0.898. The summed E-state index contributed by atoms with van der Waals surface area (Å²) in [6.07, 6.45) is -1.41. The molecule has 5 saturated heterocycles. The normalized spacial score (nSPS) is 44.2. The lowest BCUT2D eigenvalue weighted by Crippen LogP contribution is -2.69. The van der Waals surface area contributed by atoms with Gasteiger partial charge in [-0.15, -0.1) is 0 Å². The maximum Gasteiger partial charge on any atom is 0.237 e. The second kappa shape index (κ2) is 8.49. The number of carbonyl (C=O) groups is 2. The summed E-state index contributed by atoms with van der Waals surface area (Å²) in [7, 11) is 0. The van der Waals surface area contributed by atoms with E-state index in [1.807, 2.05) is 9.80 Å². The fourth-order valence-corrected chi connectivity index (χ4v) is 5.93. The minimum atomic E-state index is -1.20. The van der Waals surface area contributed by atoms with Gasteiger partial charge in [0.05, 0.1) is 36.9 Å². The number of nitrogens with zero attached hydrogens (tertiary/aromatic N) is 3. The number of hydrogen-bond donors (Lipinski definition) is 5. The average Bonchev–Trinajstić information content (AvgIpc) is 3.31. The van der Waals surface area contributed by atoms with E-state index >= 15 is 4.39 Å². The van der Waals surface area contributed by atoms with Crippen LogP contribution in [0.2, 0.25) is 0 Å². The first-order valence-corrected chi connectivity index (χ1v) is 11.3. The van der Waals surface area contributed by atoms with E-state index in [0.29, 0.717) is 13.1 Å². The summed E-state index contributed by atoms with van der Waals surface area (Å²) in [6, 6.07) is -0.940. The Labute approximate surface area is 180 Å². The Morgan fingerprint density at radius 3 is 2.87 bits per heavy atom. The van der Waals surface area contributed by atoms with Crippen molar-refractivity contribution in [3.63, 3.8) is 0 Å². The third-order valence-electron chi connectivity index (χ3n) is 7.34. The molecule has 5 fully saturated rings. The van der Waals surface area contributed by atoms with Crippen LogP contribution in [0.4, 0.5) is 8.78 Å². The van der Waals surface area contributed by atoms with Crippen LogP contribution in [0.15, 0.2) is 0 Å². The Morgan fingerprint density at radius 2 is 2.03 bits per heavy atom. The average molecular weight is 443 g/mol. The number of nitrogens with one attached hydrogen (secondary N) is 4. The van der Waals surface area contributed by atoms with Crippen LogP contribution in [-0.2, 0) is 9.59 Å². The fraction of sp³-hybridized carbons (Fsp3) is 0.895. The molecule has 0 aromatic carbocycles. The van der Waals surface area contributed by atoms with Crippen LogP contribution < -0.4 is 27.1 Å². The van der Waals surface area contributed by atoms with E-state index in [1.54, 1.807) is 5.01 Å². The van der Waals surface area contributed by atoms with Crippen molar-refractivity contribution in [3.8, 4) is 0 Å². The molecular formula is C19H32F2N8O2. The van der Waals surface area contributed by atoms with Gasteiger partial charge in [-0.25, -0.2) is 19.2 Å². The highest BCUT2D eigenvalue weighted by Gasteiger charge is 2.49. The van der Waals surface area contributed by atoms with Crippen molar-refractivity contribution in [2.75, 3.05) is 45.8 Å². The molecule has 0 aliphatic carbocycles. The van der Waals surface area contributed by atoms with Crippen LogP contribution in [-0.4, -0.2) is 115 Å². The van der Waals surface area contributed by atoms with Gasteiger partial charge < -0.3 is 21.3 Å². The van der Waals surface area contributed by atoms with Gasteiger partial charge in [0.15, 0.2) is 0 Å². The molecule has 0 bridgehead atoms. The molecule has 5 aliphatic heterocycles. The number of alkyl halides is 2. The number of piperazine rings is 1.